The monoisotopic (exact) mass is 262 g/mol. The van der Waals surface area contributed by atoms with E-state index in [4.69, 9.17) is 15.2 Å². The second kappa shape index (κ2) is 6.19. The number of nitrogens with two attached hydrogens (primary N) is 1. The number of ether oxygens (including phenoxy) is 2. The molecule has 2 rings (SSSR count). The van der Waals surface area contributed by atoms with Gasteiger partial charge in [-0.1, -0.05) is 5.21 Å². The number of benzene rings is 1. The normalized spacial score (nSPS) is 10.5. The highest BCUT2D eigenvalue weighted by Gasteiger charge is 2.11. The van der Waals surface area contributed by atoms with Crippen LogP contribution < -0.4 is 15.2 Å². The van der Waals surface area contributed by atoms with Gasteiger partial charge in [0.1, 0.15) is 17.2 Å². The summed E-state index contributed by atoms with van der Waals surface area (Å²) in [6, 6.07) is 5.59. The third kappa shape index (κ3) is 3.03. The van der Waals surface area contributed by atoms with Crippen LogP contribution in [0.3, 0.4) is 0 Å². The van der Waals surface area contributed by atoms with Gasteiger partial charge in [0.15, 0.2) is 0 Å². The maximum atomic E-state index is 5.48. The number of aromatic nitrogens is 3. The van der Waals surface area contributed by atoms with Gasteiger partial charge in [-0.15, -0.1) is 5.10 Å². The molecule has 19 heavy (non-hydrogen) atoms. The number of hydrogen-bond acceptors (Lipinski definition) is 5. The van der Waals surface area contributed by atoms with E-state index in [0.717, 1.165) is 35.7 Å². The fourth-order valence-electron chi connectivity index (χ4n) is 1.80. The lowest BCUT2D eigenvalue weighted by Crippen LogP contribution is -2.06. The molecule has 0 fully saturated rings. The Bertz CT molecular complexity index is 539. The first-order valence-electron chi connectivity index (χ1n) is 6.11. The SMILES string of the molecule is COc1ccc(OC)c(-c2cn(CCCN)nn2)c1. The van der Waals surface area contributed by atoms with Gasteiger partial charge in [-0.2, -0.15) is 0 Å². The minimum atomic E-state index is 0.637. The van der Waals surface area contributed by atoms with Crippen molar-refractivity contribution in [1.29, 1.82) is 0 Å². The van der Waals surface area contributed by atoms with Crippen LogP contribution in [0.4, 0.5) is 0 Å². The Kier molecular flexibility index (Phi) is 4.35. The first kappa shape index (κ1) is 13.4. The summed E-state index contributed by atoms with van der Waals surface area (Å²) < 4.78 is 12.3. The van der Waals surface area contributed by atoms with E-state index < -0.39 is 0 Å². The number of hydrogen-bond donors (Lipinski definition) is 1. The first-order chi connectivity index (χ1) is 9.28. The molecule has 0 aliphatic carbocycles. The van der Waals surface area contributed by atoms with E-state index in [1.54, 1.807) is 18.9 Å². The molecule has 0 radical (unpaired) electrons. The van der Waals surface area contributed by atoms with Crippen molar-refractivity contribution in [3.8, 4) is 22.8 Å². The fraction of sp³-hybridized carbons (Fsp3) is 0.385. The van der Waals surface area contributed by atoms with Crippen molar-refractivity contribution in [1.82, 2.24) is 15.0 Å². The molecule has 0 unspecified atom stereocenters. The summed E-state index contributed by atoms with van der Waals surface area (Å²) in [6.45, 7) is 1.40. The number of nitrogens with zero attached hydrogens (tertiary/aromatic N) is 3. The van der Waals surface area contributed by atoms with Crippen molar-refractivity contribution in [3.05, 3.63) is 24.4 Å². The summed E-state index contributed by atoms with van der Waals surface area (Å²) in [5, 5.41) is 8.24. The molecule has 0 amide bonds. The van der Waals surface area contributed by atoms with Crippen molar-refractivity contribution in [2.45, 2.75) is 13.0 Å². The smallest absolute Gasteiger partial charge is 0.128 e. The van der Waals surface area contributed by atoms with E-state index in [9.17, 15) is 0 Å². The fourth-order valence-corrected chi connectivity index (χ4v) is 1.80. The molecule has 0 saturated carbocycles. The molecule has 0 atom stereocenters. The van der Waals surface area contributed by atoms with E-state index in [1.165, 1.54) is 0 Å². The molecule has 0 saturated heterocycles. The molecule has 0 spiro atoms. The van der Waals surface area contributed by atoms with E-state index in [2.05, 4.69) is 10.3 Å². The summed E-state index contributed by atoms with van der Waals surface area (Å²) in [5.74, 6) is 1.50. The summed E-state index contributed by atoms with van der Waals surface area (Å²) in [6.07, 6.45) is 2.75. The molecule has 1 aromatic heterocycles. The predicted molar refractivity (Wildman–Crippen MR) is 72.2 cm³/mol. The molecule has 0 bridgehead atoms. The average molecular weight is 262 g/mol. The average Bonchev–Trinajstić information content (AvgIpc) is 2.93. The molecule has 6 nitrogen and oxygen atoms in total. The van der Waals surface area contributed by atoms with Gasteiger partial charge in [0.25, 0.3) is 0 Å². The zero-order valence-electron chi connectivity index (χ0n) is 11.2. The molecule has 102 valence electrons. The van der Waals surface area contributed by atoms with Gasteiger partial charge < -0.3 is 15.2 Å². The molecule has 0 aliphatic heterocycles. The maximum Gasteiger partial charge on any atom is 0.128 e. The molecule has 6 heteroatoms. The van der Waals surface area contributed by atoms with Gasteiger partial charge in [-0.05, 0) is 31.2 Å². The largest absolute Gasteiger partial charge is 0.497 e. The Hall–Kier alpha value is -2.08. The Morgan fingerprint density at radius 1 is 1.26 bits per heavy atom. The highest BCUT2D eigenvalue weighted by Crippen LogP contribution is 2.31. The van der Waals surface area contributed by atoms with Crippen LogP contribution in [0.2, 0.25) is 0 Å². The van der Waals surface area contributed by atoms with E-state index in [0.29, 0.717) is 6.54 Å². The summed E-state index contributed by atoms with van der Waals surface area (Å²) in [5.41, 5.74) is 7.10. The minimum absolute atomic E-state index is 0.637. The molecular weight excluding hydrogens is 244 g/mol. The van der Waals surface area contributed by atoms with Crippen LogP contribution >= 0.6 is 0 Å². The number of rotatable bonds is 6. The molecule has 1 aromatic carbocycles. The van der Waals surface area contributed by atoms with E-state index in [1.807, 2.05) is 24.4 Å². The van der Waals surface area contributed by atoms with Crippen LogP contribution in [0.5, 0.6) is 11.5 Å². The van der Waals surface area contributed by atoms with Crippen LogP contribution in [0, 0.1) is 0 Å². The van der Waals surface area contributed by atoms with Crippen molar-refractivity contribution in [3.63, 3.8) is 0 Å². The highest BCUT2D eigenvalue weighted by molar-refractivity contribution is 5.68. The second-order valence-electron chi connectivity index (χ2n) is 4.08. The first-order valence-corrected chi connectivity index (χ1v) is 6.11. The van der Waals surface area contributed by atoms with Gasteiger partial charge in [-0.25, -0.2) is 0 Å². The van der Waals surface area contributed by atoms with Crippen LogP contribution in [-0.4, -0.2) is 35.8 Å². The van der Waals surface area contributed by atoms with Crippen molar-refractivity contribution in [2.75, 3.05) is 20.8 Å². The van der Waals surface area contributed by atoms with Crippen molar-refractivity contribution < 1.29 is 9.47 Å². The molecular formula is C13H18N4O2. The summed E-state index contributed by atoms with van der Waals surface area (Å²) in [7, 11) is 3.26. The zero-order chi connectivity index (χ0) is 13.7. The summed E-state index contributed by atoms with van der Waals surface area (Å²) in [4.78, 5) is 0. The van der Waals surface area contributed by atoms with Crippen LogP contribution in [-0.2, 0) is 6.54 Å². The maximum absolute atomic E-state index is 5.48. The molecule has 2 N–H and O–H groups in total. The lowest BCUT2D eigenvalue weighted by atomic mass is 10.1. The van der Waals surface area contributed by atoms with Crippen molar-refractivity contribution >= 4 is 0 Å². The standard InChI is InChI=1S/C13H18N4O2/c1-18-10-4-5-13(19-2)11(8-10)12-9-17(16-15-12)7-3-6-14/h4-5,8-9H,3,6-7,14H2,1-2H3. The predicted octanol–water partition coefficient (Wildman–Crippen LogP) is 1.31. The van der Waals surface area contributed by atoms with Gasteiger partial charge in [-0.3, -0.25) is 4.68 Å². The van der Waals surface area contributed by atoms with Crippen molar-refractivity contribution in [2.24, 2.45) is 5.73 Å². The molecule has 0 aliphatic rings. The third-order valence-electron chi connectivity index (χ3n) is 2.81. The second-order valence-corrected chi connectivity index (χ2v) is 4.08. The van der Waals surface area contributed by atoms with Gasteiger partial charge in [0.05, 0.1) is 20.4 Å². The topological polar surface area (TPSA) is 75.2 Å². The highest BCUT2D eigenvalue weighted by atomic mass is 16.5. The lowest BCUT2D eigenvalue weighted by molar-refractivity contribution is 0.404. The Balaban J connectivity index is 2.31. The van der Waals surface area contributed by atoms with E-state index >= 15 is 0 Å². The number of methoxy groups -OCH3 is 2. The van der Waals surface area contributed by atoms with Gasteiger partial charge in [0.2, 0.25) is 0 Å². The quantitative estimate of drug-likeness (QED) is 0.849. The van der Waals surface area contributed by atoms with Gasteiger partial charge >= 0.3 is 0 Å². The minimum Gasteiger partial charge on any atom is -0.497 e. The Morgan fingerprint density at radius 3 is 2.79 bits per heavy atom. The number of aryl methyl sites for hydroxylation is 1. The third-order valence-corrected chi connectivity index (χ3v) is 2.81. The zero-order valence-corrected chi connectivity index (χ0v) is 11.2. The molecule has 1 heterocycles. The van der Waals surface area contributed by atoms with Crippen LogP contribution in [0.1, 0.15) is 6.42 Å². The van der Waals surface area contributed by atoms with E-state index in [-0.39, 0.29) is 0 Å². The molecule has 2 aromatic rings. The Labute approximate surface area is 112 Å². The summed E-state index contributed by atoms with van der Waals surface area (Å²) >= 11 is 0. The van der Waals surface area contributed by atoms with Crippen LogP contribution in [0.15, 0.2) is 24.4 Å². The van der Waals surface area contributed by atoms with Crippen LogP contribution in [0.25, 0.3) is 11.3 Å². The van der Waals surface area contributed by atoms with Gasteiger partial charge in [0, 0.05) is 12.1 Å². The lowest BCUT2D eigenvalue weighted by Gasteiger charge is -2.07. The Morgan fingerprint density at radius 2 is 2.11 bits per heavy atom.